The minimum atomic E-state index is 0.654. The summed E-state index contributed by atoms with van der Waals surface area (Å²) in [5.41, 5.74) is 11.1. The van der Waals surface area contributed by atoms with Gasteiger partial charge in [-0.25, -0.2) is 0 Å². The van der Waals surface area contributed by atoms with Crippen molar-refractivity contribution in [2.45, 2.75) is 0 Å². The highest BCUT2D eigenvalue weighted by molar-refractivity contribution is 6.12. The summed E-state index contributed by atoms with van der Waals surface area (Å²) in [4.78, 5) is 0. The third-order valence-corrected chi connectivity index (χ3v) is 9.54. The number of hydrogen-bond acceptors (Lipinski definition) is 2. The highest BCUT2D eigenvalue weighted by atomic mass is 16.3. The van der Waals surface area contributed by atoms with E-state index in [0.29, 0.717) is 5.56 Å². The highest BCUT2D eigenvalue weighted by Crippen LogP contribution is 2.38. The lowest BCUT2D eigenvalue weighted by molar-refractivity contribution is 0.669. The van der Waals surface area contributed by atoms with Crippen LogP contribution in [0.1, 0.15) is 5.56 Å². The van der Waals surface area contributed by atoms with Crippen LogP contribution in [0.3, 0.4) is 0 Å². The lowest BCUT2D eigenvalue weighted by atomic mass is 10.0. The van der Waals surface area contributed by atoms with Crippen molar-refractivity contribution in [3.05, 3.63) is 157 Å². The van der Waals surface area contributed by atoms with Crippen molar-refractivity contribution in [3.63, 3.8) is 0 Å². The molecule has 4 heteroatoms. The normalized spacial score (nSPS) is 11.8. The molecule has 0 aliphatic carbocycles. The summed E-state index contributed by atoms with van der Waals surface area (Å²) in [6.45, 7) is 0. The Hall–Kier alpha value is -6.57. The van der Waals surface area contributed by atoms with Gasteiger partial charge in [-0.3, -0.25) is 0 Å². The van der Waals surface area contributed by atoms with E-state index in [9.17, 15) is 5.26 Å². The van der Waals surface area contributed by atoms with Gasteiger partial charge in [-0.2, -0.15) is 5.26 Å². The number of benzene rings is 7. The highest BCUT2D eigenvalue weighted by Gasteiger charge is 2.17. The van der Waals surface area contributed by atoms with Gasteiger partial charge in [-0.1, -0.05) is 84.9 Å². The fourth-order valence-corrected chi connectivity index (χ4v) is 7.49. The van der Waals surface area contributed by atoms with Crippen LogP contribution in [0.2, 0.25) is 0 Å². The molecule has 0 N–H and O–H groups in total. The van der Waals surface area contributed by atoms with Gasteiger partial charge in [0.25, 0.3) is 0 Å². The van der Waals surface area contributed by atoms with Gasteiger partial charge >= 0.3 is 0 Å². The summed E-state index contributed by atoms with van der Waals surface area (Å²) >= 11 is 0. The molecule has 0 saturated heterocycles. The average Bonchev–Trinajstić information content (AvgIpc) is 3.79. The van der Waals surface area contributed by atoms with Crippen LogP contribution in [0.15, 0.2) is 156 Å². The molecule has 0 aliphatic heterocycles. The average molecular weight is 600 g/mol. The maximum absolute atomic E-state index is 10.1. The molecule has 3 heterocycles. The van der Waals surface area contributed by atoms with Crippen molar-refractivity contribution in [1.82, 2.24) is 9.13 Å². The second-order valence-electron chi connectivity index (χ2n) is 12.1. The van der Waals surface area contributed by atoms with E-state index in [1.807, 2.05) is 18.2 Å². The molecular weight excluding hydrogens is 574 g/mol. The summed E-state index contributed by atoms with van der Waals surface area (Å²) in [5, 5.41) is 16.9. The van der Waals surface area contributed by atoms with Gasteiger partial charge in [0.1, 0.15) is 17.2 Å². The Labute approximate surface area is 269 Å². The first kappa shape index (κ1) is 25.7. The predicted molar refractivity (Wildman–Crippen MR) is 193 cm³/mol. The van der Waals surface area contributed by atoms with Crippen LogP contribution in [0.5, 0.6) is 0 Å². The molecule has 0 aliphatic rings. The Kier molecular flexibility index (Phi) is 5.32. The zero-order valence-corrected chi connectivity index (χ0v) is 25.2. The van der Waals surface area contributed by atoms with E-state index in [2.05, 4.69) is 149 Å². The number of furan rings is 1. The number of nitriles is 1. The standard InChI is InChI=1S/C43H25N3O/c44-26-29-10-8-15-35-34-14-3-6-18-40(34)46(43(29)35)31-20-22-42-37(25-31)36-24-28(19-21-41(36)47-42)27-9-7-11-30(23-27)45-38-16-4-1-12-32(38)33-13-2-5-17-39(33)45/h1-25H. The van der Waals surface area contributed by atoms with Gasteiger partial charge in [0.2, 0.25) is 0 Å². The maximum Gasteiger partial charge on any atom is 0.135 e. The minimum absolute atomic E-state index is 0.654. The van der Waals surface area contributed by atoms with Crippen molar-refractivity contribution in [2.75, 3.05) is 0 Å². The maximum atomic E-state index is 10.1. The van der Waals surface area contributed by atoms with Crippen LogP contribution in [0.25, 0.3) is 88.1 Å². The molecule has 0 atom stereocenters. The van der Waals surface area contributed by atoms with E-state index in [1.165, 1.54) is 21.8 Å². The summed E-state index contributed by atoms with van der Waals surface area (Å²) in [6, 6.07) is 55.5. The molecule has 47 heavy (non-hydrogen) atoms. The fourth-order valence-electron chi connectivity index (χ4n) is 7.49. The molecular formula is C43H25N3O. The molecule has 0 fully saturated rings. The Morgan fingerprint density at radius 2 is 0.979 bits per heavy atom. The lowest BCUT2D eigenvalue weighted by Gasteiger charge is -2.10. The van der Waals surface area contributed by atoms with E-state index in [-0.39, 0.29) is 0 Å². The first-order valence-corrected chi connectivity index (χ1v) is 15.7. The SMILES string of the molecule is N#Cc1cccc2c3ccccc3n(-c3ccc4oc5ccc(-c6cccc(-n7c8ccccc8c8ccccc87)c6)cc5c4c3)c12. The molecule has 0 unspecified atom stereocenters. The summed E-state index contributed by atoms with van der Waals surface area (Å²) in [5.74, 6) is 0. The Bertz CT molecular complexity index is 2880. The third-order valence-electron chi connectivity index (χ3n) is 9.54. The predicted octanol–water partition coefficient (Wildman–Crippen LogP) is 11.3. The second kappa shape index (κ2) is 9.71. The largest absolute Gasteiger partial charge is 0.456 e. The first-order valence-electron chi connectivity index (χ1n) is 15.7. The number of nitrogens with zero attached hydrogens (tertiary/aromatic N) is 3. The Morgan fingerprint density at radius 3 is 1.70 bits per heavy atom. The minimum Gasteiger partial charge on any atom is -0.456 e. The number of rotatable bonds is 3. The van der Waals surface area contributed by atoms with Gasteiger partial charge < -0.3 is 13.6 Å². The molecule has 10 aromatic rings. The van der Waals surface area contributed by atoms with E-state index in [1.54, 1.807) is 0 Å². The second-order valence-corrected chi connectivity index (χ2v) is 12.1. The molecule has 3 aromatic heterocycles. The van der Waals surface area contributed by atoms with Gasteiger partial charge in [-0.05, 0) is 77.9 Å². The molecule has 0 spiro atoms. The molecule has 0 radical (unpaired) electrons. The van der Waals surface area contributed by atoms with Gasteiger partial charge in [0, 0.05) is 43.7 Å². The van der Waals surface area contributed by atoms with Gasteiger partial charge in [-0.15, -0.1) is 0 Å². The van der Waals surface area contributed by atoms with Crippen molar-refractivity contribution in [2.24, 2.45) is 0 Å². The van der Waals surface area contributed by atoms with E-state index < -0.39 is 0 Å². The van der Waals surface area contributed by atoms with Crippen LogP contribution in [0.4, 0.5) is 0 Å². The molecule has 218 valence electrons. The molecule has 4 nitrogen and oxygen atoms in total. The summed E-state index contributed by atoms with van der Waals surface area (Å²) in [6.07, 6.45) is 0. The van der Waals surface area contributed by atoms with E-state index >= 15 is 0 Å². The smallest absolute Gasteiger partial charge is 0.135 e. The molecule has 10 rings (SSSR count). The van der Waals surface area contributed by atoms with E-state index in [4.69, 9.17) is 4.42 Å². The zero-order valence-electron chi connectivity index (χ0n) is 25.2. The number of aromatic nitrogens is 2. The molecule has 0 amide bonds. The van der Waals surface area contributed by atoms with Crippen LogP contribution >= 0.6 is 0 Å². The number of hydrogen-bond donors (Lipinski definition) is 0. The summed E-state index contributed by atoms with van der Waals surface area (Å²) in [7, 11) is 0. The lowest BCUT2D eigenvalue weighted by Crippen LogP contribution is -1.95. The molecule has 0 saturated carbocycles. The Balaban J connectivity index is 1.16. The van der Waals surface area contributed by atoms with E-state index in [0.717, 1.165) is 66.2 Å². The third kappa shape index (κ3) is 3.69. The monoisotopic (exact) mass is 599 g/mol. The van der Waals surface area contributed by atoms with Crippen LogP contribution in [-0.2, 0) is 0 Å². The Morgan fingerprint density at radius 1 is 0.426 bits per heavy atom. The van der Waals surface area contributed by atoms with Crippen molar-refractivity contribution < 1.29 is 4.42 Å². The quantitative estimate of drug-likeness (QED) is 0.203. The van der Waals surface area contributed by atoms with Crippen LogP contribution in [-0.4, -0.2) is 9.13 Å². The van der Waals surface area contributed by atoms with Crippen molar-refractivity contribution in [3.8, 4) is 28.6 Å². The molecule has 0 bridgehead atoms. The van der Waals surface area contributed by atoms with Crippen molar-refractivity contribution >= 4 is 65.6 Å². The topological polar surface area (TPSA) is 46.8 Å². The fraction of sp³-hybridized carbons (Fsp3) is 0. The number of para-hydroxylation sites is 4. The van der Waals surface area contributed by atoms with Gasteiger partial charge in [0.05, 0.1) is 27.6 Å². The van der Waals surface area contributed by atoms with Crippen molar-refractivity contribution in [1.29, 1.82) is 5.26 Å². The van der Waals surface area contributed by atoms with Crippen LogP contribution in [0, 0.1) is 11.3 Å². The molecule has 7 aromatic carbocycles. The summed E-state index contributed by atoms with van der Waals surface area (Å²) < 4.78 is 10.9. The van der Waals surface area contributed by atoms with Crippen LogP contribution < -0.4 is 0 Å². The number of fused-ring (bicyclic) bond motifs is 9. The van der Waals surface area contributed by atoms with Gasteiger partial charge in [0.15, 0.2) is 0 Å². The zero-order chi connectivity index (χ0) is 31.1. The first-order chi connectivity index (χ1) is 23.3.